The van der Waals surface area contributed by atoms with Crippen LogP contribution in [0.1, 0.15) is 5.69 Å². The summed E-state index contributed by atoms with van der Waals surface area (Å²) in [5.74, 6) is -1.22. The van der Waals surface area contributed by atoms with Gasteiger partial charge in [-0.25, -0.2) is 9.37 Å². The van der Waals surface area contributed by atoms with Crippen LogP contribution in [0.2, 0.25) is 5.02 Å². The van der Waals surface area contributed by atoms with Crippen molar-refractivity contribution < 1.29 is 9.18 Å². The number of pyridine rings is 1. The highest BCUT2D eigenvalue weighted by molar-refractivity contribution is 9.10. The number of fused-ring (bicyclic) bond motifs is 1. The molecule has 0 bridgehead atoms. The number of imidazole rings is 1. The molecule has 25 heavy (non-hydrogen) atoms. The van der Waals surface area contributed by atoms with Crippen molar-refractivity contribution in [2.45, 2.75) is 0 Å². The summed E-state index contributed by atoms with van der Waals surface area (Å²) in [7, 11) is 0. The maximum atomic E-state index is 13.2. The molecule has 0 saturated heterocycles. The minimum absolute atomic E-state index is 0.119. The number of hydrogen-bond acceptors (Lipinski definition) is 3. The molecule has 0 fully saturated rings. The van der Waals surface area contributed by atoms with E-state index in [9.17, 15) is 14.4 Å². The number of rotatable bonds is 3. The fraction of sp³-hybridized carbons (Fsp3) is 0. The molecule has 0 spiro atoms. The molecule has 1 N–H and O–H groups in total. The average molecular weight is 420 g/mol. The lowest BCUT2D eigenvalue weighted by molar-refractivity contribution is -0.112. The highest BCUT2D eigenvalue weighted by Crippen LogP contribution is 2.20. The molecular formula is C17H9BrClFN4O. The normalized spacial score (nSPS) is 11.4. The Bertz CT molecular complexity index is 1050. The van der Waals surface area contributed by atoms with E-state index in [0.717, 1.165) is 10.5 Å². The Morgan fingerprint density at radius 1 is 1.40 bits per heavy atom. The Balaban J connectivity index is 1.91. The first kappa shape index (κ1) is 17.1. The molecule has 5 nitrogen and oxygen atoms in total. The van der Waals surface area contributed by atoms with Crippen molar-refractivity contribution in [1.82, 2.24) is 9.38 Å². The largest absolute Gasteiger partial charge is 0.321 e. The molecule has 2 heterocycles. The Labute approximate surface area is 155 Å². The van der Waals surface area contributed by atoms with Crippen molar-refractivity contribution in [2.24, 2.45) is 0 Å². The predicted octanol–water partition coefficient (Wildman–Crippen LogP) is 4.43. The van der Waals surface area contributed by atoms with Crippen LogP contribution in [-0.2, 0) is 4.79 Å². The Hall–Kier alpha value is -2.69. The summed E-state index contributed by atoms with van der Waals surface area (Å²) in [6.07, 6.45) is 4.76. The minimum atomic E-state index is -0.630. The van der Waals surface area contributed by atoms with Crippen molar-refractivity contribution in [3.05, 3.63) is 69.3 Å². The van der Waals surface area contributed by atoms with E-state index in [0.29, 0.717) is 17.0 Å². The molecule has 2 aromatic heterocycles. The van der Waals surface area contributed by atoms with Crippen molar-refractivity contribution in [3.8, 4) is 6.07 Å². The molecule has 1 aromatic carbocycles. The molecule has 3 rings (SSSR count). The summed E-state index contributed by atoms with van der Waals surface area (Å²) in [6.45, 7) is 0. The number of amides is 1. The van der Waals surface area contributed by atoms with Crippen LogP contribution in [0.3, 0.4) is 0 Å². The lowest BCUT2D eigenvalue weighted by atomic mass is 10.2. The Morgan fingerprint density at radius 3 is 2.92 bits per heavy atom. The third-order valence-electron chi connectivity index (χ3n) is 3.33. The quantitative estimate of drug-likeness (QED) is 0.504. The summed E-state index contributed by atoms with van der Waals surface area (Å²) in [5.41, 5.74) is 1.42. The van der Waals surface area contributed by atoms with E-state index in [-0.39, 0.29) is 10.6 Å². The number of halogens is 3. The van der Waals surface area contributed by atoms with Gasteiger partial charge in [0.25, 0.3) is 5.91 Å². The van der Waals surface area contributed by atoms with Gasteiger partial charge in [0.2, 0.25) is 0 Å². The second kappa shape index (κ2) is 7.05. The number of hydrogen-bond donors (Lipinski definition) is 1. The van der Waals surface area contributed by atoms with Gasteiger partial charge >= 0.3 is 0 Å². The van der Waals surface area contributed by atoms with E-state index in [1.807, 2.05) is 12.1 Å². The van der Waals surface area contributed by atoms with Gasteiger partial charge in [0.15, 0.2) is 0 Å². The van der Waals surface area contributed by atoms with Crippen LogP contribution in [0.5, 0.6) is 0 Å². The van der Waals surface area contributed by atoms with Crippen molar-refractivity contribution in [3.63, 3.8) is 0 Å². The van der Waals surface area contributed by atoms with Crippen LogP contribution >= 0.6 is 27.5 Å². The second-order valence-corrected chi connectivity index (χ2v) is 6.33. The number of nitrogens with one attached hydrogen (secondary N) is 1. The molecule has 0 aliphatic carbocycles. The van der Waals surface area contributed by atoms with Gasteiger partial charge in [-0.05, 0) is 52.3 Å². The fourth-order valence-corrected chi connectivity index (χ4v) is 2.67. The van der Waals surface area contributed by atoms with Gasteiger partial charge in [0, 0.05) is 16.4 Å². The van der Waals surface area contributed by atoms with E-state index in [2.05, 4.69) is 26.2 Å². The number of nitriles is 1. The highest BCUT2D eigenvalue weighted by Gasteiger charge is 2.12. The lowest BCUT2D eigenvalue weighted by Crippen LogP contribution is -2.13. The monoisotopic (exact) mass is 418 g/mol. The Kier molecular flexibility index (Phi) is 4.83. The van der Waals surface area contributed by atoms with Gasteiger partial charge in [-0.15, -0.1) is 0 Å². The molecule has 0 atom stereocenters. The van der Waals surface area contributed by atoms with Gasteiger partial charge < -0.3 is 5.32 Å². The standard InChI is InChI=1S/C17H9BrClFN4O/c18-11-1-4-16-22-8-13(24(16)9-11)5-10(7-21)17(25)23-12-2-3-15(20)14(19)6-12/h1-6,8-9H,(H,23,25). The minimum Gasteiger partial charge on any atom is -0.321 e. The van der Waals surface area contributed by atoms with E-state index in [1.165, 1.54) is 18.2 Å². The van der Waals surface area contributed by atoms with Crippen LogP contribution in [0.15, 0.2) is 52.8 Å². The summed E-state index contributed by atoms with van der Waals surface area (Å²) in [5, 5.41) is 11.7. The van der Waals surface area contributed by atoms with Crippen molar-refractivity contribution >= 4 is 50.8 Å². The number of anilines is 1. The van der Waals surface area contributed by atoms with Crippen LogP contribution in [0.25, 0.3) is 11.7 Å². The molecule has 8 heteroatoms. The summed E-state index contributed by atoms with van der Waals surface area (Å²) >= 11 is 9.05. The zero-order valence-corrected chi connectivity index (χ0v) is 14.8. The van der Waals surface area contributed by atoms with Crippen LogP contribution in [-0.4, -0.2) is 15.3 Å². The molecular weight excluding hydrogens is 411 g/mol. The van der Waals surface area contributed by atoms with Crippen LogP contribution in [0, 0.1) is 17.1 Å². The van der Waals surface area contributed by atoms with E-state index in [1.54, 1.807) is 22.9 Å². The van der Waals surface area contributed by atoms with Crippen LogP contribution < -0.4 is 5.32 Å². The first-order valence-corrected chi connectivity index (χ1v) is 8.16. The number of carbonyl (C=O) groups is 1. The molecule has 0 aliphatic heterocycles. The van der Waals surface area contributed by atoms with E-state index < -0.39 is 11.7 Å². The highest BCUT2D eigenvalue weighted by atomic mass is 79.9. The van der Waals surface area contributed by atoms with Gasteiger partial charge in [0.05, 0.1) is 16.9 Å². The number of carbonyl (C=O) groups excluding carboxylic acids is 1. The molecule has 0 unspecified atom stereocenters. The van der Waals surface area contributed by atoms with Crippen molar-refractivity contribution in [2.75, 3.05) is 5.32 Å². The topological polar surface area (TPSA) is 70.2 Å². The molecule has 124 valence electrons. The van der Waals surface area contributed by atoms with Gasteiger partial charge in [0.1, 0.15) is 23.1 Å². The second-order valence-electron chi connectivity index (χ2n) is 5.01. The Morgan fingerprint density at radius 2 is 2.20 bits per heavy atom. The molecule has 3 aromatic rings. The maximum Gasteiger partial charge on any atom is 0.266 e. The third kappa shape index (κ3) is 3.71. The van der Waals surface area contributed by atoms with Crippen LogP contribution in [0.4, 0.5) is 10.1 Å². The number of benzene rings is 1. The first-order chi connectivity index (χ1) is 12.0. The lowest BCUT2D eigenvalue weighted by Gasteiger charge is -2.05. The zero-order chi connectivity index (χ0) is 18.0. The molecule has 0 aliphatic rings. The summed E-state index contributed by atoms with van der Waals surface area (Å²) in [6, 6.07) is 9.26. The zero-order valence-electron chi connectivity index (χ0n) is 12.5. The molecule has 0 saturated carbocycles. The van der Waals surface area contributed by atoms with E-state index >= 15 is 0 Å². The SMILES string of the molecule is N#CC(=Cc1cnc2ccc(Br)cn12)C(=O)Nc1ccc(F)c(Cl)c1. The summed E-state index contributed by atoms with van der Waals surface area (Å²) < 4.78 is 15.7. The van der Waals surface area contributed by atoms with Crippen molar-refractivity contribution in [1.29, 1.82) is 5.26 Å². The van der Waals surface area contributed by atoms with Gasteiger partial charge in [-0.2, -0.15) is 5.26 Å². The average Bonchev–Trinajstić information content (AvgIpc) is 2.98. The third-order valence-corrected chi connectivity index (χ3v) is 4.09. The molecule has 0 radical (unpaired) electrons. The predicted molar refractivity (Wildman–Crippen MR) is 96.5 cm³/mol. The van der Waals surface area contributed by atoms with Gasteiger partial charge in [-0.3, -0.25) is 9.20 Å². The number of nitrogens with zero attached hydrogens (tertiary/aromatic N) is 3. The fourth-order valence-electron chi connectivity index (χ4n) is 2.15. The molecule has 1 amide bonds. The maximum absolute atomic E-state index is 13.2. The number of aromatic nitrogens is 2. The van der Waals surface area contributed by atoms with E-state index in [4.69, 9.17) is 11.6 Å². The smallest absolute Gasteiger partial charge is 0.266 e. The summed E-state index contributed by atoms with van der Waals surface area (Å²) in [4.78, 5) is 16.5. The van der Waals surface area contributed by atoms with Gasteiger partial charge in [-0.1, -0.05) is 11.6 Å². The first-order valence-electron chi connectivity index (χ1n) is 6.99.